The topological polar surface area (TPSA) is 68.5 Å². The molecule has 1 heterocycles. The molecule has 152 valence electrons. The van der Waals surface area contributed by atoms with Crippen LogP contribution in [0, 0.1) is 12.7 Å². The van der Waals surface area contributed by atoms with Gasteiger partial charge in [0.1, 0.15) is 11.4 Å². The number of benzene rings is 2. The van der Waals surface area contributed by atoms with Crippen molar-refractivity contribution < 1.29 is 36.3 Å². The minimum Gasteiger partial charge on any atom is -0.449 e. The lowest BCUT2D eigenvalue weighted by atomic mass is 10.1. The summed E-state index contributed by atoms with van der Waals surface area (Å²) in [5, 5.41) is 2.47. The van der Waals surface area contributed by atoms with Crippen molar-refractivity contribution in [3.63, 3.8) is 0 Å². The normalized spacial score (nSPS) is 12.6. The van der Waals surface area contributed by atoms with Gasteiger partial charge in [0.15, 0.2) is 6.10 Å². The molecular formula is C20H15F4NO4. The standard InChI is InChI=1S/C20H15F4NO4/c1-10-13-9-12(21)7-8-16(13)29-17(10)19(27)28-11(2)18(26)25-15-6-4-3-5-14(15)20(22,23)24/h3-9,11H,1-2H3,(H,25,26)/t11-/m1/s1. The molecule has 3 aromatic rings. The second kappa shape index (κ2) is 7.57. The molecule has 2 aromatic carbocycles. The van der Waals surface area contributed by atoms with Gasteiger partial charge in [0.05, 0.1) is 11.3 Å². The molecule has 0 radical (unpaired) electrons. The van der Waals surface area contributed by atoms with Crippen molar-refractivity contribution in [1.82, 2.24) is 0 Å². The summed E-state index contributed by atoms with van der Waals surface area (Å²) in [5.41, 5.74) is -0.906. The number of hydrogen-bond donors (Lipinski definition) is 1. The smallest absolute Gasteiger partial charge is 0.418 e. The maximum atomic E-state index is 13.4. The number of alkyl halides is 3. The molecule has 5 nitrogen and oxygen atoms in total. The Morgan fingerprint density at radius 3 is 2.52 bits per heavy atom. The number of rotatable bonds is 4. The Morgan fingerprint density at radius 2 is 1.83 bits per heavy atom. The fourth-order valence-electron chi connectivity index (χ4n) is 2.73. The van der Waals surface area contributed by atoms with E-state index in [1.807, 2.05) is 0 Å². The number of fused-ring (bicyclic) bond motifs is 1. The lowest BCUT2D eigenvalue weighted by molar-refractivity contribution is -0.137. The maximum Gasteiger partial charge on any atom is 0.418 e. The molecule has 0 unspecified atom stereocenters. The number of para-hydroxylation sites is 1. The third kappa shape index (κ3) is 4.23. The van der Waals surface area contributed by atoms with E-state index in [1.54, 1.807) is 0 Å². The zero-order valence-corrected chi connectivity index (χ0v) is 15.3. The number of ether oxygens (including phenoxy) is 1. The number of esters is 1. The van der Waals surface area contributed by atoms with Crippen LogP contribution in [0.5, 0.6) is 0 Å². The van der Waals surface area contributed by atoms with Crippen LogP contribution in [0.25, 0.3) is 11.0 Å². The van der Waals surface area contributed by atoms with E-state index in [0.717, 1.165) is 18.2 Å². The second-order valence-corrected chi connectivity index (χ2v) is 6.28. The van der Waals surface area contributed by atoms with Gasteiger partial charge in [0.2, 0.25) is 5.76 Å². The minimum absolute atomic E-state index is 0.221. The molecule has 0 aliphatic heterocycles. The molecule has 1 atom stereocenters. The van der Waals surface area contributed by atoms with E-state index in [9.17, 15) is 27.2 Å². The molecule has 29 heavy (non-hydrogen) atoms. The summed E-state index contributed by atoms with van der Waals surface area (Å²) in [7, 11) is 0. The van der Waals surface area contributed by atoms with Gasteiger partial charge >= 0.3 is 12.1 Å². The van der Waals surface area contributed by atoms with E-state index in [-0.39, 0.29) is 11.3 Å². The average molecular weight is 409 g/mol. The molecule has 9 heteroatoms. The van der Waals surface area contributed by atoms with Gasteiger partial charge in [-0.25, -0.2) is 9.18 Å². The number of halogens is 4. The van der Waals surface area contributed by atoms with Gasteiger partial charge in [0, 0.05) is 10.9 Å². The third-order valence-corrected chi connectivity index (χ3v) is 4.23. The quantitative estimate of drug-likeness (QED) is 0.482. The van der Waals surface area contributed by atoms with Crippen molar-refractivity contribution in [1.29, 1.82) is 0 Å². The van der Waals surface area contributed by atoms with E-state index in [2.05, 4.69) is 5.32 Å². The van der Waals surface area contributed by atoms with Crippen LogP contribution in [0.4, 0.5) is 23.2 Å². The molecule has 1 N–H and O–H groups in total. The van der Waals surface area contributed by atoms with Crippen LogP contribution in [-0.2, 0) is 15.7 Å². The summed E-state index contributed by atoms with van der Waals surface area (Å²) in [6, 6.07) is 8.13. The van der Waals surface area contributed by atoms with Crippen LogP contribution in [0.3, 0.4) is 0 Å². The van der Waals surface area contributed by atoms with Crippen LogP contribution in [-0.4, -0.2) is 18.0 Å². The summed E-state index contributed by atoms with van der Waals surface area (Å²) in [6.45, 7) is 2.73. The van der Waals surface area contributed by atoms with Crippen LogP contribution < -0.4 is 5.32 Å². The van der Waals surface area contributed by atoms with E-state index < -0.39 is 41.2 Å². The van der Waals surface area contributed by atoms with Crippen molar-refractivity contribution in [2.45, 2.75) is 26.1 Å². The number of carbonyl (C=O) groups excluding carboxylic acids is 2. The molecule has 1 aromatic heterocycles. The number of carbonyl (C=O) groups is 2. The highest BCUT2D eigenvalue weighted by Crippen LogP contribution is 2.34. The van der Waals surface area contributed by atoms with Gasteiger partial charge in [-0.2, -0.15) is 13.2 Å². The van der Waals surface area contributed by atoms with Crippen LogP contribution >= 0.6 is 0 Å². The number of aryl methyl sites for hydroxylation is 1. The Kier molecular flexibility index (Phi) is 5.32. The Balaban J connectivity index is 1.75. The Morgan fingerprint density at radius 1 is 1.14 bits per heavy atom. The highest BCUT2D eigenvalue weighted by molar-refractivity contribution is 5.99. The number of nitrogens with one attached hydrogen (secondary N) is 1. The van der Waals surface area contributed by atoms with Gasteiger partial charge in [-0.1, -0.05) is 12.1 Å². The van der Waals surface area contributed by atoms with E-state index in [0.29, 0.717) is 10.9 Å². The summed E-state index contributed by atoms with van der Waals surface area (Å²) < 4.78 is 62.8. The highest BCUT2D eigenvalue weighted by atomic mass is 19.4. The molecule has 1 amide bonds. The molecular weight excluding hydrogens is 394 g/mol. The summed E-state index contributed by atoms with van der Waals surface area (Å²) >= 11 is 0. The van der Waals surface area contributed by atoms with Crippen molar-refractivity contribution >= 4 is 28.5 Å². The second-order valence-electron chi connectivity index (χ2n) is 6.28. The maximum absolute atomic E-state index is 13.4. The van der Waals surface area contributed by atoms with E-state index in [1.165, 1.54) is 38.1 Å². The first kappa shape index (κ1) is 20.4. The minimum atomic E-state index is -4.66. The predicted molar refractivity (Wildman–Crippen MR) is 95.9 cm³/mol. The number of hydrogen-bond acceptors (Lipinski definition) is 4. The monoisotopic (exact) mass is 409 g/mol. The average Bonchev–Trinajstić information content (AvgIpc) is 2.97. The zero-order chi connectivity index (χ0) is 21.3. The molecule has 0 bridgehead atoms. The van der Waals surface area contributed by atoms with Gasteiger partial charge in [0.25, 0.3) is 5.91 Å². The van der Waals surface area contributed by atoms with Crippen molar-refractivity contribution in [2.24, 2.45) is 0 Å². The Hall–Kier alpha value is -3.36. The van der Waals surface area contributed by atoms with Crippen molar-refractivity contribution in [3.05, 3.63) is 65.2 Å². The van der Waals surface area contributed by atoms with E-state index >= 15 is 0 Å². The van der Waals surface area contributed by atoms with Crippen molar-refractivity contribution in [2.75, 3.05) is 5.32 Å². The Labute approximate surface area is 162 Å². The summed E-state index contributed by atoms with van der Waals surface area (Å²) in [4.78, 5) is 24.6. The highest BCUT2D eigenvalue weighted by Gasteiger charge is 2.34. The summed E-state index contributed by atoms with van der Waals surface area (Å²) in [6.07, 6.45) is -6.07. The summed E-state index contributed by atoms with van der Waals surface area (Å²) in [5.74, 6) is -2.68. The SMILES string of the molecule is Cc1c(C(=O)O[C@H](C)C(=O)Nc2ccccc2C(F)(F)F)oc2ccc(F)cc12. The predicted octanol–water partition coefficient (Wildman–Crippen LogP) is 5.08. The molecule has 0 aliphatic carbocycles. The third-order valence-electron chi connectivity index (χ3n) is 4.23. The van der Waals surface area contributed by atoms with Gasteiger partial charge in [-0.3, -0.25) is 4.79 Å². The Bertz CT molecular complexity index is 1090. The van der Waals surface area contributed by atoms with Crippen LogP contribution in [0.15, 0.2) is 46.9 Å². The first-order chi connectivity index (χ1) is 13.6. The zero-order valence-electron chi connectivity index (χ0n) is 15.3. The molecule has 0 aliphatic rings. The number of furan rings is 1. The van der Waals surface area contributed by atoms with Crippen LogP contribution in [0.1, 0.15) is 28.6 Å². The number of anilines is 1. The lowest BCUT2D eigenvalue weighted by Gasteiger charge is -2.16. The fourth-order valence-corrected chi connectivity index (χ4v) is 2.73. The van der Waals surface area contributed by atoms with Gasteiger partial charge < -0.3 is 14.5 Å². The molecule has 3 rings (SSSR count). The first-order valence-corrected chi connectivity index (χ1v) is 8.44. The largest absolute Gasteiger partial charge is 0.449 e. The molecule has 0 saturated heterocycles. The molecule has 0 fully saturated rings. The van der Waals surface area contributed by atoms with E-state index in [4.69, 9.17) is 9.15 Å². The molecule has 0 spiro atoms. The van der Waals surface area contributed by atoms with Gasteiger partial charge in [-0.05, 0) is 44.2 Å². The molecule has 0 saturated carbocycles. The number of amides is 1. The van der Waals surface area contributed by atoms with Gasteiger partial charge in [-0.15, -0.1) is 0 Å². The van der Waals surface area contributed by atoms with Crippen LogP contribution in [0.2, 0.25) is 0 Å². The van der Waals surface area contributed by atoms with Crippen molar-refractivity contribution in [3.8, 4) is 0 Å². The fraction of sp³-hybridized carbons (Fsp3) is 0.200. The first-order valence-electron chi connectivity index (χ1n) is 8.44. The lowest BCUT2D eigenvalue weighted by Crippen LogP contribution is -2.30.